The molecule has 1 saturated heterocycles. The summed E-state index contributed by atoms with van der Waals surface area (Å²) < 4.78 is 16.7. The largest absolute Gasteiger partial charge is 0.469 e. The van der Waals surface area contributed by atoms with Crippen molar-refractivity contribution in [2.45, 2.75) is 56.3 Å². The zero-order chi connectivity index (χ0) is 14.1. The molecule has 20 heavy (non-hydrogen) atoms. The quantitative estimate of drug-likeness (QED) is 0.860. The Hall–Kier alpha value is -1.27. The fourth-order valence-corrected chi connectivity index (χ4v) is 3.79. The van der Waals surface area contributed by atoms with Gasteiger partial charge in [-0.1, -0.05) is 11.8 Å². The van der Waals surface area contributed by atoms with Crippen LogP contribution in [-0.4, -0.2) is 27.7 Å². The lowest BCUT2D eigenvalue weighted by atomic mass is 10.1. The Kier molecular flexibility index (Phi) is 3.85. The van der Waals surface area contributed by atoms with Gasteiger partial charge in [-0.3, -0.25) is 0 Å². The molecule has 0 spiro atoms. The first-order chi connectivity index (χ1) is 9.61. The average Bonchev–Trinajstić information content (AvgIpc) is 2.96. The van der Waals surface area contributed by atoms with Crippen molar-refractivity contribution in [3.63, 3.8) is 0 Å². The molecule has 0 aromatic carbocycles. The number of rotatable bonds is 3. The van der Waals surface area contributed by atoms with Crippen LogP contribution in [0.1, 0.15) is 32.4 Å². The lowest BCUT2D eigenvalue weighted by Gasteiger charge is -2.30. The van der Waals surface area contributed by atoms with Gasteiger partial charge in [-0.2, -0.15) is 0 Å². The molecule has 3 heterocycles. The van der Waals surface area contributed by atoms with Gasteiger partial charge in [0.05, 0.1) is 24.0 Å². The summed E-state index contributed by atoms with van der Waals surface area (Å²) in [5.41, 5.74) is 0.859. The highest BCUT2D eigenvalue weighted by atomic mass is 32.2. The fourth-order valence-electron chi connectivity index (χ4n) is 2.56. The summed E-state index contributed by atoms with van der Waals surface area (Å²) in [6, 6.07) is 1.84. The summed E-state index contributed by atoms with van der Waals surface area (Å²) in [6.07, 6.45) is 4.22. The van der Waals surface area contributed by atoms with E-state index in [2.05, 4.69) is 24.0 Å². The number of hydrogen-bond donors (Lipinski definition) is 0. The zero-order valence-electron chi connectivity index (χ0n) is 11.8. The highest BCUT2D eigenvalue weighted by Gasteiger charge is 2.27. The van der Waals surface area contributed by atoms with E-state index in [0.717, 1.165) is 24.2 Å². The minimum absolute atomic E-state index is 0.287. The molecule has 1 aliphatic heterocycles. The lowest BCUT2D eigenvalue weighted by Crippen LogP contribution is -2.30. The van der Waals surface area contributed by atoms with E-state index >= 15 is 0 Å². The predicted octanol–water partition coefficient (Wildman–Crippen LogP) is 3.69. The van der Waals surface area contributed by atoms with Gasteiger partial charge in [-0.25, -0.2) is 0 Å². The Morgan fingerprint density at radius 1 is 1.20 bits per heavy atom. The van der Waals surface area contributed by atoms with E-state index in [9.17, 15) is 0 Å². The smallest absolute Gasteiger partial charge is 0.277 e. The Labute approximate surface area is 122 Å². The van der Waals surface area contributed by atoms with E-state index in [0.29, 0.717) is 16.4 Å². The Morgan fingerprint density at radius 3 is 2.60 bits per heavy atom. The third kappa shape index (κ3) is 2.91. The molecule has 0 amide bonds. The molecule has 0 bridgehead atoms. The van der Waals surface area contributed by atoms with Crippen LogP contribution >= 0.6 is 11.8 Å². The van der Waals surface area contributed by atoms with Crippen molar-refractivity contribution in [2.75, 3.05) is 0 Å². The number of aromatic nitrogens is 2. The Morgan fingerprint density at radius 2 is 1.95 bits per heavy atom. The van der Waals surface area contributed by atoms with E-state index in [1.54, 1.807) is 18.0 Å². The van der Waals surface area contributed by atoms with Gasteiger partial charge in [0, 0.05) is 5.25 Å². The molecular formula is C14H18N2O3S. The highest BCUT2D eigenvalue weighted by Crippen LogP contribution is 2.34. The van der Waals surface area contributed by atoms with Crippen LogP contribution < -0.4 is 0 Å². The van der Waals surface area contributed by atoms with Crippen LogP contribution in [-0.2, 0) is 4.74 Å². The van der Waals surface area contributed by atoms with Crippen molar-refractivity contribution in [1.82, 2.24) is 10.2 Å². The molecule has 6 heteroatoms. The fraction of sp³-hybridized carbons (Fsp3) is 0.571. The van der Waals surface area contributed by atoms with Crippen molar-refractivity contribution in [2.24, 2.45) is 0 Å². The number of nitrogens with zero attached hydrogens (tertiary/aromatic N) is 2. The van der Waals surface area contributed by atoms with E-state index in [4.69, 9.17) is 13.6 Å². The highest BCUT2D eigenvalue weighted by molar-refractivity contribution is 7.99. The molecule has 3 atom stereocenters. The Bertz CT molecular complexity index is 570. The second-order valence-electron chi connectivity index (χ2n) is 5.23. The molecule has 0 aliphatic carbocycles. The number of ether oxygens (including phenoxy) is 1. The van der Waals surface area contributed by atoms with Gasteiger partial charge in [-0.05, 0) is 39.7 Å². The van der Waals surface area contributed by atoms with Crippen molar-refractivity contribution in [3.8, 4) is 11.5 Å². The molecule has 1 fully saturated rings. The molecule has 1 aliphatic rings. The van der Waals surface area contributed by atoms with E-state index in [-0.39, 0.29) is 12.2 Å². The minimum Gasteiger partial charge on any atom is -0.469 e. The average molecular weight is 294 g/mol. The van der Waals surface area contributed by atoms with Crippen LogP contribution in [0.15, 0.2) is 26.4 Å². The molecule has 0 radical (unpaired) electrons. The summed E-state index contributed by atoms with van der Waals surface area (Å²) in [5, 5.41) is 9.30. The first-order valence-electron chi connectivity index (χ1n) is 6.82. The topological polar surface area (TPSA) is 61.3 Å². The Balaban J connectivity index is 1.70. The standard InChI is InChI=1S/C14H18N2O3S/c1-8-6-11(7-9(2)18-8)20-14-16-15-13(19-14)12-4-5-17-10(12)3/h4-5,8-9,11H,6-7H2,1-3H3/t8-,9+,11?. The predicted molar refractivity (Wildman–Crippen MR) is 75.6 cm³/mol. The third-order valence-corrected chi connectivity index (χ3v) is 4.50. The van der Waals surface area contributed by atoms with Crippen LogP contribution in [0.2, 0.25) is 0 Å². The van der Waals surface area contributed by atoms with Gasteiger partial charge in [-0.15, -0.1) is 10.2 Å². The van der Waals surface area contributed by atoms with Gasteiger partial charge in [0.1, 0.15) is 5.76 Å². The molecule has 3 rings (SSSR count). The van der Waals surface area contributed by atoms with Crippen molar-refractivity contribution in [3.05, 3.63) is 18.1 Å². The molecule has 0 N–H and O–H groups in total. The minimum atomic E-state index is 0.287. The second kappa shape index (κ2) is 5.61. The maximum Gasteiger partial charge on any atom is 0.277 e. The lowest BCUT2D eigenvalue weighted by molar-refractivity contribution is -0.0265. The third-order valence-electron chi connectivity index (χ3n) is 3.42. The molecule has 5 nitrogen and oxygen atoms in total. The first kappa shape index (κ1) is 13.7. The van der Waals surface area contributed by atoms with Gasteiger partial charge in [0.2, 0.25) is 0 Å². The molecular weight excluding hydrogens is 276 g/mol. The summed E-state index contributed by atoms with van der Waals surface area (Å²) in [7, 11) is 0. The van der Waals surface area contributed by atoms with Gasteiger partial charge >= 0.3 is 0 Å². The number of furan rings is 1. The monoisotopic (exact) mass is 294 g/mol. The molecule has 2 aromatic heterocycles. The van der Waals surface area contributed by atoms with Crippen LogP contribution in [0.3, 0.4) is 0 Å². The van der Waals surface area contributed by atoms with Crippen LogP contribution in [0.4, 0.5) is 0 Å². The van der Waals surface area contributed by atoms with Crippen LogP contribution in [0, 0.1) is 6.92 Å². The SMILES string of the molecule is Cc1occc1-c1nnc(SC2C[C@@H](C)O[C@@H](C)C2)o1. The summed E-state index contributed by atoms with van der Waals surface area (Å²) >= 11 is 1.65. The molecule has 1 unspecified atom stereocenters. The van der Waals surface area contributed by atoms with E-state index in [1.165, 1.54) is 0 Å². The molecule has 108 valence electrons. The summed E-state index contributed by atoms with van der Waals surface area (Å²) in [4.78, 5) is 0. The molecule has 2 aromatic rings. The first-order valence-corrected chi connectivity index (χ1v) is 7.70. The van der Waals surface area contributed by atoms with Gasteiger partial charge in [0.25, 0.3) is 11.1 Å². The van der Waals surface area contributed by atoms with Crippen molar-refractivity contribution >= 4 is 11.8 Å². The maximum absolute atomic E-state index is 5.74. The van der Waals surface area contributed by atoms with E-state index < -0.39 is 0 Å². The van der Waals surface area contributed by atoms with E-state index in [1.807, 2.05) is 13.0 Å². The van der Waals surface area contributed by atoms with Crippen LogP contribution in [0.25, 0.3) is 11.5 Å². The molecule has 0 saturated carbocycles. The number of thioether (sulfide) groups is 1. The summed E-state index contributed by atoms with van der Waals surface area (Å²) in [6.45, 7) is 6.10. The van der Waals surface area contributed by atoms with Crippen LogP contribution in [0.5, 0.6) is 0 Å². The normalized spacial score (nSPS) is 26.9. The number of aryl methyl sites for hydroxylation is 1. The summed E-state index contributed by atoms with van der Waals surface area (Å²) in [5.74, 6) is 1.31. The maximum atomic E-state index is 5.74. The van der Waals surface area contributed by atoms with Crippen molar-refractivity contribution < 1.29 is 13.6 Å². The van der Waals surface area contributed by atoms with Gasteiger partial charge < -0.3 is 13.6 Å². The number of hydrogen-bond acceptors (Lipinski definition) is 6. The van der Waals surface area contributed by atoms with Gasteiger partial charge in [0.15, 0.2) is 0 Å². The van der Waals surface area contributed by atoms with Crippen molar-refractivity contribution in [1.29, 1.82) is 0 Å². The zero-order valence-corrected chi connectivity index (χ0v) is 12.6. The second-order valence-corrected chi connectivity index (χ2v) is 6.48.